The van der Waals surface area contributed by atoms with E-state index in [9.17, 15) is 0 Å². The molecule has 1 aromatic rings. The fourth-order valence-corrected chi connectivity index (χ4v) is 2.28. The van der Waals surface area contributed by atoms with Crippen LogP contribution >= 0.6 is 11.6 Å². The highest BCUT2D eigenvalue weighted by atomic mass is 35.5. The molecule has 4 nitrogen and oxygen atoms in total. The molecular weight excluding hydrogens is 290 g/mol. The molecule has 0 heterocycles. The van der Waals surface area contributed by atoms with Crippen LogP contribution in [0.1, 0.15) is 17.9 Å². The van der Waals surface area contributed by atoms with Gasteiger partial charge in [0.1, 0.15) is 0 Å². The van der Waals surface area contributed by atoms with Crippen molar-refractivity contribution in [2.24, 2.45) is 0 Å². The van der Waals surface area contributed by atoms with E-state index in [1.54, 1.807) is 7.11 Å². The third kappa shape index (κ3) is 8.39. The van der Waals surface area contributed by atoms with Crippen molar-refractivity contribution in [3.63, 3.8) is 0 Å². The molecule has 1 aromatic carbocycles. The molecule has 120 valence electrons. The van der Waals surface area contributed by atoms with Crippen LogP contribution in [0, 0.1) is 0 Å². The topological polar surface area (TPSA) is 39.7 Å². The summed E-state index contributed by atoms with van der Waals surface area (Å²) in [7, 11) is 3.62. The first-order chi connectivity index (χ1) is 10.3. The van der Waals surface area contributed by atoms with Crippen LogP contribution in [0.5, 0.6) is 0 Å². The molecule has 0 aliphatic heterocycles. The SMILES string of the molecule is CNCC(CCOCCOCCOC)c1cccc(Cl)c1. The normalized spacial score (nSPS) is 12.5. The molecule has 21 heavy (non-hydrogen) atoms. The van der Waals surface area contributed by atoms with Crippen molar-refractivity contribution >= 4 is 11.6 Å². The summed E-state index contributed by atoms with van der Waals surface area (Å²) < 4.78 is 15.9. The van der Waals surface area contributed by atoms with Crippen LogP contribution in [0.3, 0.4) is 0 Å². The van der Waals surface area contributed by atoms with Gasteiger partial charge in [0.15, 0.2) is 0 Å². The second-order valence-electron chi connectivity index (χ2n) is 4.82. The van der Waals surface area contributed by atoms with E-state index < -0.39 is 0 Å². The van der Waals surface area contributed by atoms with E-state index in [1.165, 1.54) is 5.56 Å². The molecular formula is C16H26ClNO3. The Morgan fingerprint density at radius 1 is 1.10 bits per heavy atom. The maximum atomic E-state index is 6.05. The minimum absolute atomic E-state index is 0.406. The highest BCUT2D eigenvalue weighted by Crippen LogP contribution is 2.22. The molecule has 0 fully saturated rings. The molecule has 0 aromatic heterocycles. The maximum absolute atomic E-state index is 6.05. The van der Waals surface area contributed by atoms with Crippen molar-refractivity contribution in [1.82, 2.24) is 5.32 Å². The molecule has 5 heteroatoms. The lowest BCUT2D eigenvalue weighted by Gasteiger charge is -2.17. The van der Waals surface area contributed by atoms with Crippen molar-refractivity contribution in [1.29, 1.82) is 0 Å². The van der Waals surface area contributed by atoms with Crippen LogP contribution in [0.4, 0.5) is 0 Å². The fourth-order valence-electron chi connectivity index (χ4n) is 2.08. The Balaban J connectivity index is 2.23. The zero-order valence-electron chi connectivity index (χ0n) is 12.9. The number of halogens is 1. The molecule has 1 N–H and O–H groups in total. The average Bonchev–Trinajstić information content (AvgIpc) is 2.49. The third-order valence-corrected chi connectivity index (χ3v) is 3.42. The second-order valence-corrected chi connectivity index (χ2v) is 5.25. The van der Waals surface area contributed by atoms with Gasteiger partial charge in [0.25, 0.3) is 0 Å². The monoisotopic (exact) mass is 315 g/mol. The number of hydrogen-bond donors (Lipinski definition) is 1. The minimum Gasteiger partial charge on any atom is -0.382 e. The van der Waals surface area contributed by atoms with Crippen molar-refractivity contribution in [3.05, 3.63) is 34.9 Å². The first kappa shape index (κ1) is 18.4. The molecule has 0 saturated carbocycles. The quantitative estimate of drug-likeness (QED) is 0.602. The Kier molecular flexibility index (Phi) is 10.5. The third-order valence-electron chi connectivity index (χ3n) is 3.19. The molecule has 0 bridgehead atoms. The van der Waals surface area contributed by atoms with E-state index in [-0.39, 0.29) is 0 Å². The summed E-state index contributed by atoms with van der Waals surface area (Å²) in [6.07, 6.45) is 0.958. The summed E-state index contributed by atoms with van der Waals surface area (Å²) in [4.78, 5) is 0. The molecule has 0 saturated heterocycles. The van der Waals surface area contributed by atoms with Gasteiger partial charge in [-0.3, -0.25) is 0 Å². The number of likely N-dealkylation sites (N-methyl/N-ethyl adjacent to an activating group) is 1. The van der Waals surface area contributed by atoms with E-state index in [0.29, 0.717) is 39.0 Å². The first-order valence-electron chi connectivity index (χ1n) is 7.32. The van der Waals surface area contributed by atoms with E-state index in [0.717, 1.165) is 18.0 Å². The predicted octanol–water partition coefficient (Wildman–Crippen LogP) is 2.71. The highest BCUT2D eigenvalue weighted by molar-refractivity contribution is 6.30. The maximum Gasteiger partial charge on any atom is 0.0701 e. The van der Waals surface area contributed by atoms with Crippen LogP contribution in [-0.4, -0.2) is 53.7 Å². The van der Waals surface area contributed by atoms with Gasteiger partial charge in [-0.2, -0.15) is 0 Å². The summed E-state index contributed by atoms with van der Waals surface area (Å²) in [6, 6.07) is 8.03. The van der Waals surface area contributed by atoms with Crippen molar-refractivity contribution in [2.45, 2.75) is 12.3 Å². The number of rotatable bonds is 12. The standard InChI is InChI=1S/C16H26ClNO3/c1-18-13-15(14-4-3-5-16(17)12-14)6-7-20-10-11-21-9-8-19-2/h3-5,12,15,18H,6-11,13H2,1-2H3. The van der Waals surface area contributed by atoms with Gasteiger partial charge in [0.05, 0.1) is 26.4 Å². The molecule has 0 spiro atoms. The zero-order chi connectivity index (χ0) is 15.3. The Bertz CT molecular complexity index is 376. The Hall–Kier alpha value is -0.650. The highest BCUT2D eigenvalue weighted by Gasteiger charge is 2.11. The van der Waals surface area contributed by atoms with Gasteiger partial charge in [0.2, 0.25) is 0 Å². The van der Waals surface area contributed by atoms with Crippen LogP contribution in [-0.2, 0) is 14.2 Å². The van der Waals surface area contributed by atoms with E-state index in [4.69, 9.17) is 25.8 Å². The lowest BCUT2D eigenvalue weighted by atomic mass is 9.96. The second kappa shape index (κ2) is 12.0. The molecule has 1 atom stereocenters. The van der Waals surface area contributed by atoms with Gasteiger partial charge < -0.3 is 19.5 Å². The summed E-state index contributed by atoms with van der Waals surface area (Å²) >= 11 is 6.05. The van der Waals surface area contributed by atoms with Gasteiger partial charge in [0, 0.05) is 25.3 Å². The summed E-state index contributed by atoms with van der Waals surface area (Å²) in [5, 5.41) is 4.00. The van der Waals surface area contributed by atoms with Crippen LogP contribution < -0.4 is 5.32 Å². The minimum atomic E-state index is 0.406. The van der Waals surface area contributed by atoms with E-state index in [1.807, 2.05) is 25.2 Å². The van der Waals surface area contributed by atoms with Gasteiger partial charge in [-0.15, -0.1) is 0 Å². The van der Waals surface area contributed by atoms with Gasteiger partial charge >= 0.3 is 0 Å². The van der Waals surface area contributed by atoms with E-state index >= 15 is 0 Å². The molecule has 0 radical (unpaired) electrons. The van der Waals surface area contributed by atoms with E-state index in [2.05, 4.69) is 11.4 Å². The fraction of sp³-hybridized carbons (Fsp3) is 0.625. The Morgan fingerprint density at radius 2 is 1.81 bits per heavy atom. The number of methoxy groups -OCH3 is 1. The lowest BCUT2D eigenvalue weighted by Crippen LogP contribution is -2.19. The molecule has 1 unspecified atom stereocenters. The number of nitrogens with one attached hydrogen (secondary N) is 1. The summed E-state index contributed by atoms with van der Waals surface area (Å²) in [6.45, 7) is 4.09. The molecule has 1 rings (SSSR count). The summed E-state index contributed by atoms with van der Waals surface area (Å²) in [5.41, 5.74) is 1.25. The average molecular weight is 316 g/mol. The van der Waals surface area contributed by atoms with Crippen molar-refractivity contribution in [3.8, 4) is 0 Å². The molecule has 0 aliphatic carbocycles. The van der Waals surface area contributed by atoms with Gasteiger partial charge in [-0.1, -0.05) is 23.7 Å². The van der Waals surface area contributed by atoms with Crippen LogP contribution in [0.25, 0.3) is 0 Å². The number of hydrogen-bond acceptors (Lipinski definition) is 4. The predicted molar refractivity (Wildman–Crippen MR) is 86.3 cm³/mol. The van der Waals surface area contributed by atoms with Gasteiger partial charge in [-0.05, 0) is 37.1 Å². The summed E-state index contributed by atoms with van der Waals surface area (Å²) in [5.74, 6) is 0.406. The first-order valence-corrected chi connectivity index (χ1v) is 7.70. The zero-order valence-corrected chi connectivity index (χ0v) is 13.7. The van der Waals surface area contributed by atoms with Crippen LogP contribution in [0.15, 0.2) is 24.3 Å². The van der Waals surface area contributed by atoms with Gasteiger partial charge in [-0.25, -0.2) is 0 Å². The van der Waals surface area contributed by atoms with Crippen LogP contribution in [0.2, 0.25) is 5.02 Å². The smallest absolute Gasteiger partial charge is 0.0701 e. The van der Waals surface area contributed by atoms with Crippen molar-refractivity contribution in [2.75, 3.05) is 53.7 Å². The largest absolute Gasteiger partial charge is 0.382 e. The Labute approximate surface area is 132 Å². The number of ether oxygens (including phenoxy) is 3. The number of benzene rings is 1. The van der Waals surface area contributed by atoms with Crippen molar-refractivity contribution < 1.29 is 14.2 Å². The Morgan fingerprint density at radius 3 is 2.48 bits per heavy atom. The molecule has 0 amide bonds. The lowest BCUT2D eigenvalue weighted by molar-refractivity contribution is 0.0233. The molecule has 0 aliphatic rings.